The molecule has 8 heteroatoms. The van der Waals surface area contributed by atoms with Crippen LogP contribution in [0.3, 0.4) is 0 Å². The molecule has 0 spiro atoms. The monoisotopic (exact) mass is 305 g/mol. The Morgan fingerprint density at radius 2 is 2.19 bits per heavy atom. The molecule has 2 radical (unpaired) electrons. The summed E-state index contributed by atoms with van der Waals surface area (Å²) in [5, 5.41) is 12.2. The average molecular weight is 305 g/mol. The minimum atomic E-state index is -0.796. The van der Waals surface area contributed by atoms with Crippen LogP contribution < -0.4 is 14.8 Å². The van der Waals surface area contributed by atoms with E-state index in [1.54, 1.807) is 25.1 Å². The van der Waals surface area contributed by atoms with Crippen molar-refractivity contribution in [3.05, 3.63) is 29.4 Å². The minimum Gasteiger partial charge on any atom is -0.523 e. The Morgan fingerprint density at radius 1 is 1.48 bits per heavy atom. The Balaban J connectivity index is 2.16. The van der Waals surface area contributed by atoms with Crippen LogP contribution >= 0.6 is 12.2 Å². The van der Waals surface area contributed by atoms with E-state index in [1.807, 2.05) is 0 Å². The zero-order valence-corrected chi connectivity index (χ0v) is 12.0. The predicted molar refractivity (Wildman–Crippen MR) is 80.8 cm³/mol. The van der Waals surface area contributed by atoms with Crippen LogP contribution in [0.4, 0.5) is 5.69 Å². The van der Waals surface area contributed by atoms with Gasteiger partial charge in [0.05, 0.1) is 12.3 Å². The highest BCUT2D eigenvalue weighted by Gasteiger charge is 2.20. The second-order valence-corrected chi connectivity index (χ2v) is 4.41. The SMILES string of the molecule is [B]C(O)=C(C(=O)OCC)C(=S)Nc1ccc2c(c1)OCO2. The number of ether oxygens (including phenoxy) is 3. The molecule has 0 atom stereocenters. The zero-order chi connectivity index (χ0) is 15.4. The van der Waals surface area contributed by atoms with E-state index in [0.717, 1.165) is 0 Å². The first-order valence-electron chi connectivity index (χ1n) is 6.09. The largest absolute Gasteiger partial charge is 0.523 e. The van der Waals surface area contributed by atoms with Crippen molar-refractivity contribution in [1.82, 2.24) is 0 Å². The first-order valence-corrected chi connectivity index (χ1v) is 6.50. The average Bonchev–Trinajstić information content (AvgIpc) is 2.85. The minimum absolute atomic E-state index is 0.0488. The quantitative estimate of drug-likeness (QED) is 0.288. The normalized spacial score (nSPS) is 13.4. The van der Waals surface area contributed by atoms with Crippen LogP contribution in [0.1, 0.15) is 6.92 Å². The summed E-state index contributed by atoms with van der Waals surface area (Å²) in [6, 6.07) is 5.05. The number of fused-ring (bicyclic) bond motifs is 1. The number of carbonyl (C=O) groups excluding carboxylic acids is 1. The van der Waals surface area contributed by atoms with Gasteiger partial charge in [-0.1, -0.05) is 12.2 Å². The first-order chi connectivity index (χ1) is 10.0. The number of hydrogen-bond acceptors (Lipinski definition) is 6. The molecule has 2 N–H and O–H groups in total. The number of aliphatic hydroxyl groups is 1. The number of nitrogens with one attached hydrogen (secondary N) is 1. The van der Waals surface area contributed by atoms with E-state index in [0.29, 0.717) is 17.2 Å². The van der Waals surface area contributed by atoms with Gasteiger partial charge in [0.25, 0.3) is 0 Å². The van der Waals surface area contributed by atoms with Gasteiger partial charge < -0.3 is 24.6 Å². The van der Waals surface area contributed by atoms with Crippen molar-refractivity contribution >= 4 is 36.7 Å². The molecule has 1 aliphatic heterocycles. The van der Waals surface area contributed by atoms with E-state index < -0.39 is 11.6 Å². The smallest absolute Gasteiger partial charge is 0.343 e. The fourth-order valence-electron chi connectivity index (χ4n) is 1.68. The molecule has 0 bridgehead atoms. The summed E-state index contributed by atoms with van der Waals surface area (Å²) >= 11 is 5.07. The van der Waals surface area contributed by atoms with Crippen molar-refractivity contribution in [2.24, 2.45) is 0 Å². The third kappa shape index (κ3) is 3.46. The van der Waals surface area contributed by atoms with Gasteiger partial charge in [-0.05, 0) is 19.1 Å². The van der Waals surface area contributed by atoms with Crippen LogP contribution in [0, 0.1) is 0 Å². The number of carbonyl (C=O) groups is 1. The molecule has 0 saturated carbocycles. The molecule has 0 unspecified atom stereocenters. The third-order valence-corrected chi connectivity index (χ3v) is 2.90. The van der Waals surface area contributed by atoms with Crippen molar-refractivity contribution in [1.29, 1.82) is 0 Å². The van der Waals surface area contributed by atoms with Crippen LogP contribution in [0.15, 0.2) is 29.4 Å². The molecule has 0 aromatic heterocycles. The maximum atomic E-state index is 11.7. The van der Waals surface area contributed by atoms with Gasteiger partial charge in [-0.15, -0.1) is 0 Å². The van der Waals surface area contributed by atoms with Gasteiger partial charge >= 0.3 is 5.97 Å². The summed E-state index contributed by atoms with van der Waals surface area (Å²) in [5.74, 6) is 0.381. The number of thiocarbonyl (C=S) groups is 1. The van der Waals surface area contributed by atoms with Crippen molar-refractivity contribution < 1.29 is 24.1 Å². The van der Waals surface area contributed by atoms with Crippen LogP contribution in [0.2, 0.25) is 0 Å². The number of rotatable bonds is 4. The summed E-state index contributed by atoms with van der Waals surface area (Å²) in [4.78, 5) is 11.7. The molecular formula is C13H12BNO5S. The molecule has 21 heavy (non-hydrogen) atoms. The van der Waals surface area contributed by atoms with Gasteiger partial charge in [0.2, 0.25) is 6.79 Å². The maximum Gasteiger partial charge on any atom is 0.343 e. The lowest BCUT2D eigenvalue weighted by Gasteiger charge is -2.12. The van der Waals surface area contributed by atoms with Gasteiger partial charge in [-0.3, -0.25) is 0 Å². The van der Waals surface area contributed by atoms with E-state index >= 15 is 0 Å². The Labute approximate surface area is 128 Å². The molecule has 2 rings (SSSR count). The van der Waals surface area contributed by atoms with Gasteiger partial charge in [0.1, 0.15) is 10.6 Å². The standard InChI is InChI=1S/C13H12BNO5S/c1-2-18-13(17)10(11(14)16)12(21)15-7-3-4-8-9(5-7)20-6-19-8/h3-5,16H,2,6H2,1H3,(H,15,21). The molecular weight excluding hydrogens is 293 g/mol. The first kappa shape index (κ1) is 15.2. The third-order valence-electron chi connectivity index (χ3n) is 2.59. The second-order valence-electron chi connectivity index (χ2n) is 4.00. The summed E-state index contributed by atoms with van der Waals surface area (Å²) in [6.07, 6.45) is 0. The molecule has 1 aliphatic rings. The summed E-state index contributed by atoms with van der Waals surface area (Å²) in [5.41, 5.74) is -0.427. The molecule has 1 heterocycles. The summed E-state index contributed by atoms with van der Waals surface area (Å²) < 4.78 is 15.2. The van der Waals surface area contributed by atoms with E-state index in [2.05, 4.69) is 5.32 Å². The Kier molecular flexibility index (Phi) is 4.69. The molecule has 0 aliphatic carbocycles. The van der Waals surface area contributed by atoms with Crippen LogP contribution in [0.25, 0.3) is 0 Å². The molecule has 108 valence electrons. The maximum absolute atomic E-state index is 11.7. The number of hydrogen-bond donors (Lipinski definition) is 2. The lowest BCUT2D eigenvalue weighted by molar-refractivity contribution is -0.138. The van der Waals surface area contributed by atoms with E-state index in [-0.39, 0.29) is 24.0 Å². The van der Waals surface area contributed by atoms with Crippen molar-refractivity contribution in [3.8, 4) is 11.5 Å². The van der Waals surface area contributed by atoms with E-state index in [9.17, 15) is 9.90 Å². The lowest BCUT2D eigenvalue weighted by Crippen LogP contribution is -2.22. The second kappa shape index (κ2) is 6.49. The zero-order valence-electron chi connectivity index (χ0n) is 11.2. The lowest BCUT2D eigenvalue weighted by atomic mass is 10.0. The van der Waals surface area contributed by atoms with Gasteiger partial charge in [0.15, 0.2) is 19.3 Å². The molecule has 0 amide bonds. The van der Waals surface area contributed by atoms with Crippen LogP contribution in [-0.4, -0.2) is 37.3 Å². The summed E-state index contributed by atoms with van der Waals surface area (Å²) in [6.45, 7) is 1.93. The molecule has 1 aromatic carbocycles. The molecule has 1 aromatic rings. The van der Waals surface area contributed by atoms with Gasteiger partial charge in [-0.2, -0.15) is 0 Å². The number of esters is 1. The van der Waals surface area contributed by atoms with Crippen molar-refractivity contribution in [2.75, 3.05) is 18.7 Å². The number of anilines is 1. The fourth-order valence-corrected chi connectivity index (χ4v) is 1.99. The number of aliphatic hydroxyl groups excluding tert-OH is 1. The Hall–Kier alpha value is -2.22. The highest BCUT2D eigenvalue weighted by atomic mass is 32.1. The van der Waals surface area contributed by atoms with Gasteiger partial charge in [0, 0.05) is 11.8 Å². The van der Waals surface area contributed by atoms with Crippen molar-refractivity contribution in [3.63, 3.8) is 0 Å². The predicted octanol–water partition coefficient (Wildman–Crippen LogP) is 1.66. The fraction of sp³-hybridized carbons (Fsp3) is 0.231. The van der Waals surface area contributed by atoms with Crippen LogP contribution in [-0.2, 0) is 9.53 Å². The highest BCUT2D eigenvalue weighted by molar-refractivity contribution is 7.81. The topological polar surface area (TPSA) is 77.0 Å². The van der Waals surface area contributed by atoms with Crippen molar-refractivity contribution in [2.45, 2.75) is 6.92 Å². The Bertz CT molecular complexity index is 613. The molecule has 0 fully saturated rings. The number of benzene rings is 1. The van der Waals surface area contributed by atoms with Gasteiger partial charge in [-0.25, -0.2) is 4.79 Å². The van der Waals surface area contributed by atoms with E-state index in [4.69, 9.17) is 34.3 Å². The molecule has 0 saturated heterocycles. The van der Waals surface area contributed by atoms with E-state index in [1.165, 1.54) is 0 Å². The Morgan fingerprint density at radius 3 is 2.86 bits per heavy atom. The summed E-state index contributed by atoms with van der Waals surface area (Å²) in [7, 11) is 5.27. The van der Waals surface area contributed by atoms with Crippen LogP contribution in [0.5, 0.6) is 11.5 Å². The highest BCUT2D eigenvalue weighted by Crippen LogP contribution is 2.34. The molecule has 6 nitrogen and oxygen atoms in total.